The Morgan fingerprint density at radius 1 is 0.340 bits per heavy atom. The molecule has 0 fully saturated rings. The van der Waals surface area contributed by atoms with Gasteiger partial charge in [0.25, 0.3) is 0 Å². The number of hydrogen-bond donors (Lipinski definition) is 0. The summed E-state index contributed by atoms with van der Waals surface area (Å²) >= 11 is 0. The van der Waals surface area contributed by atoms with E-state index >= 15 is 0 Å². The van der Waals surface area contributed by atoms with Crippen LogP contribution in [0.5, 0.6) is 0 Å². The molecule has 0 saturated carbocycles. The minimum atomic E-state index is 0.950. The molecule has 0 nitrogen and oxygen atoms in total. The first-order chi connectivity index (χ1) is 23.2. The maximum atomic E-state index is 2.39. The first-order valence-electron chi connectivity index (χ1n) is 16.7. The number of hydrogen-bond acceptors (Lipinski definition) is 0. The van der Waals surface area contributed by atoms with Gasteiger partial charge < -0.3 is 0 Å². The fraction of sp³-hybridized carbons (Fsp3) is 0.0638. The Balaban J connectivity index is 1.23. The van der Waals surface area contributed by atoms with Crippen LogP contribution in [0.25, 0.3) is 87.2 Å². The average molecular weight is 599 g/mol. The van der Waals surface area contributed by atoms with Gasteiger partial charge >= 0.3 is 0 Å². The predicted molar refractivity (Wildman–Crippen MR) is 204 cm³/mol. The van der Waals surface area contributed by atoms with Crippen LogP contribution in [-0.4, -0.2) is 0 Å². The monoisotopic (exact) mass is 598 g/mol. The lowest BCUT2D eigenvalue weighted by molar-refractivity contribution is 1.14. The average Bonchev–Trinajstić information content (AvgIpc) is 3.15. The third-order valence-electron chi connectivity index (χ3n) is 10.2. The van der Waals surface area contributed by atoms with E-state index in [0.29, 0.717) is 0 Å². The molecule has 0 amide bonds. The molecule has 9 rings (SSSR count). The van der Waals surface area contributed by atoms with Crippen LogP contribution in [0.4, 0.5) is 0 Å². The molecule has 0 aliphatic rings. The third kappa shape index (κ3) is 4.29. The van der Waals surface area contributed by atoms with Crippen molar-refractivity contribution in [1.82, 2.24) is 0 Å². The highest BCUT2D eigenvalue weighted by Gasteiger charge is 2.18. The van der Waals surface area contributed by atoms with E-state index in [4.69, 9.17) is 0 Å². The quantitative estimate of drug-likeness (QED) is 0.177. The van der Waals surface area contributed by atoms with E-state index in [9.17, 15) is 0 Å². The molecule has 0 heterocycles. The third-order valence-corrected chi connectivity index (χ3v) is 10.2. The molecule has 0 aromatic heterocycles. The number of aryl methyl sites for hydroxylation is 1. The van der Waals surface area contributed by atoms with E-state index in [1.54, 1.807) is 0 Å². The topological polar surface area (TPSA) is 0 Å². The fourth-order valence-corrected chi connectivity index (χ4v) is 8.09. The van der Waals surface area contributed by atoms with Gasteiger partial charge in [0, 0.05) is 0 Å². The second-order valence-electron chi connectivity index (χ2n) is 12.7. The molecule has 47 heavy (non-hydrogen) atoms. The minimum absolute atomic E-state index is 0.950. The lowest BCUT2D eigenvalue weighted by Gasteiger charge is -2.20. The van der Waals surface area contributed by atoms with Crippen molar-refractivity contribution in [3.8, 4) is 33.4 Å². The predicted octanol–water partition coefficient (Wildman–Crippen LogP) is 13.3. The number of benzene rings is 9. The summed E-state index contributed by atoms with van der Waals surface area (Å²) in [7, 11) is 0. The first-order valence-corrected chi connectivity index (χ1v) is 16.7. The SMILES string of the molecule is CCc1c(-c2cccc(-c3ccc4c5ccccc5c5ccccc5c4c3)c2)cccc1-c1c(C)c2ccccc2c2ccccc12. The Hall–Kier alpha value is -5.72. The smallest absolute Gasteiger partial charge is 0.00667 e. The van der Waals surface area contributed by atoms with Crippen LogP contribution in [0, 0.1) is 6.92 Å². The molecular formula is C47H34. The molecule has 0 unspecified atom stereocenters. The minimum Gasteiger partial charge on any atom is -0.0616 e. The van der Waals surface area contributed by atoms with Gasteiger partial charge in [0.2, 0.25) is 0 Å². The molecule has 0 spiro atoms. The van der Waals surface area contributed by atoms with E-state index < -0.39 is 0 Å². The largest absolute Gasteiger partial charge is 0.0616 e. The van der Waals surface area contributed by atoms with Gasteiger partial charge in [-0.2, -0.15) is 0 Å². The highest BCUT2D eigenvalue weighted by Crippen LogP contribution is 2.43. The van der Waals surface area contributed by atoms with Crippen molar-refractivity contribution in [2.45, 2.75) is 20.3 Å². The number of rotatable bonds is 4. The normalized spacial score (nSPS) is 11.7. The van der Waals surface area contributed by atoms with E-state index in [0.717, 1.165) is 6.42 Å². The van der Waals surface area contributed by atoms with E-state index in [1.165, 1.54) is 98.4 Å². The molecule has 9 aromatic carbocycles. The highest BCUT2D eigenvalue weighted by atomic mass is 14.2. The summed E-state index contributed by atoms with van der Waals surface area (Å²) in [6.07, 6.45) is 0.950. The molecule has 9 aromatic rings. The van der Waals surface area contributed by atoms with Crippen LogP contribution in [0.3, 0.4) is 0 Å². The Morgan fingerprint density at radius 3 is 1.43 bits per heavy atom. The maximum Gasteiger partial charge on any atom is -0.00667 e. The van der Waals surface area contributed by atoms with Crippen LogP contribution < -0.4 is 0 Å². The molecule has 0 saturated heterocycles. The molecular weight excluding hydrogens is 565 g/mol. The maximum absolute atomic E-state index is 2.39. The van der Waals surface area contributed by atoms with Crippen LogP contribution in [-0.2, 0) is 6.42 Å². The Labute approximate surface area is 275 Å². The van der Waals surface area contributed by atoms with Crippen LogP contribution in [0.1, 0.15) is 18.1 Å². The van der Waals surface area contributed by atoms with Crippen molar-refractivity contribution in [2.24, 2.45) is 0 Å². The first kappa shape index (κ1) is 27.6. The van der Waals surface area contributed by atoms with Crippen molar-refractivity contribution < 1.29 is 0 Å². The highest BCUT2D eigenvalue weighted by molar-refractivity contribution is 6.25. The molecule has 0 aliphatic heterocycles. The zero-order valence-corrected chi connectivity index (χ0v) is 26.7. The van der Waals surface area contributed by atoms with E-state index in [2.05, 4.69) is 172 Å². The van der Waals surface area contributed by atoms with Gasteiger partial charge in [-0.1, -0.05) is 153 Å². The Bertz CT molecular complexity index is 2640. The van der Waals surface area contributed by atoms with E-state index in [1.807, 2.05) is 0 Å². The van der Waals surface area contributed by atoms with Gasteiger partial charge in [0.15, 0.2) is 0 Å². The van der Waals surface area contributed by atoms with Crippen LogP contribution in [0.15, 0.2) is 158 Å². The summed E-state index contributed by atoms with van der Waals surface area (Å²) in [5.41, 5.74) is 10.5. The molecule has 0 bridgehead atoms. The van der Waals surface area contributed by atoms with Crippen LogP contribution in [0.2, 0.25) is 0 Å². The number of fused-ring (bicyclic) bond motifs is 9. The Kier molecular flexibility index (Phi) is 6.44. The van der Waals surface area contributed by atoms with Gasteiger partial charge in [0.1, 0.15) is 0 Å². The molecule has 0 aliphatic carbocycles. The van der Waals surface area contributed by atoms with Crippen molar-refractivity contribution in [3.05, 3.63) is 169 Å². The summed E-state index contributed by atoms with van der Waals surface area (Å²) in [6.45, 7) is 4.59. The second kappa shape index (κ2) is 11.0. The standard InChI is InChI=1S/C47H34/c1-3-34-36(24-13-25-44(34)47-30(2)35-16-4-5-17-37(35)41-21-10-11-23-45(41)47)33-15-12-14-31(28-33)32-26-27-43-40-20-7-6-18-38(40)39-19-8-9-22-42(39)46(43)29-32/h4-29H,3H2,1-2H3. The summed E-state index contributed by atoms with van der Waals surface area (Å²) in [4.78, 5) is 0. The van der Waals surface area contributed by atoms with Crippen molar-refractivity contribution in [2.75, 3.05) is 0 Å². The summed E-state index contributed by atoms with van der Waals surface area (Å²) in [5.74, 6) is 0. The van der Waals surface area contributed by atoms with Crippen LogP contribution >= 0.6 is 0 Å². The second-order valence-corrected chi connectivity index (χ2v) is 12.7. The molecule has 0 N–H and O–H groups in total. The van der Waals surface area contributed by atoms with Crippen molar-refractivity contribution in [1.29, 1.82) is 0 Å². The van der Waals surface area contributed by atoms with Gasteiger partial charge in [-0.05, 0) is 124 Å². The summed E-state index contributed by atoms with van der Waals surface area (Å²) in [6, 6.07) is 58.4. The molecule has 0 atom stereocenters. The van der Waals surface area contributed by atoms with Crippen molar-refractivity contribution in [3.63, 3.8) is 0 Å². The van der Waals surface area contributed by atoms with E-state index in [-0.39, 0.29) is 0 Å². The zero-order chi connectivity index (χ0) is 31.5. The summed E-state index contributed by atoms with van der Waals surface area (Å²) in [5, 5.41) is 13.1. The van der Waals surface area contributed by atoms with Gasteiger partial charge in [-0.3, -0.25) is 0 Å². The van der Waals surface area contributed by atoms with Gasteiger partial charge in [-0.15, -0.1) is 0 Å². The molecule has 0 radical (unpaired) electrons. The molecule has 222 valence electrons. The lowest BCUT2D eigenvalue weighted by Crippen LogP contribution is -1.97. The zero-order valence-electron chi connectivity index (χ0n) is 26.7. The summed E-state index contributed by atoms with van der Waals surface area (Å²) < 4.78 is 0. The molecule has 0 heteroatoms. The fourth-order valence-electron chi connectivity index (χ4n) is 8.09. The van der Waals surface area contributed by atoms with Crippen molar-refractivity contribution >= 4 is 53.9 Å². The Morgan fingerprint density at radius 2 is 0.787 bits per heavy atom. The van der Waals surface area contributed by atoms with Gasteiger partial charge in [-0.25, -0.2) is 0 Å². The lowest BCUT2D eigenvalue weighted by atomic mass is 9.84. The van der Waals surface area contributed by atoms with Gasteiger partial charge in [0.05, 0.1) is 0 Å².